The van der Waals surface area contributed by atoms with E-state index < -0.39 is 6.10 Å². The molecule has 2 rings (SSSR count). The van der Waals surface area contributed by atoms with Crippen LogP contribution in [0.3, 0.4) is 0 Å². The largest absolute Gasteiger partial charge is 0.382 e. The van der Waals surface area contributed by atoms with Gasteiger partial charge in [0.25, 0.3) is 0 Å². The number of aliphatic hydroxyl groups is 1. The van der Waals surface area contributed by atoms with Crippen molar-refractivity contribution < 1.29 is 9.67 Å². The van der Waals surface area contributed by atoms with Gasteiger partial charge in [0, 0.05) is 12.1 Å². The average molecular weight is 214 g/mol. The van der Waals surface area contributed by atoms with Crippen molar-refractivity contribution >= 4 is 0 Å². The van der Waals surface area contributed by atoms with Gasteiger partial charge in [0.05, 0.1) is 0 Å². The molecule has 0 fully saturated rings. The molecule has 0 aliphatic carbocycles. The minimum absolute atomic E-state index is 0.450. The van der Waals surface area contributed by atoms with Crippen LogP contribution in [0.15, 0.2) is 54.9 Å². The summed E-state index contributed by atoms with van der Waals surface area (Å²) in [5.74, 6) is 0. The molecule has 0 saturated heterocycles. The number of rotatable bonds is 3. The summed E-state index contributed by atoms with van der Waals surface area (Å²) in [4.78, 5) is 0. The van der Waals surface area contributed by atoms with Crippen molar-refractivity contribution in [1.29, 1.82) is 0 Å². The van der Waals surface area contributed by atoms with Crippen LogP contribution in [0.5, 0.6) is 0 Å². The van der Waals surface area contributed by atoms with Gasteiger partial charge in [-0.2, -0.15) is 0 Å². The lowest BCUT2D eigenvalue weighted by atomic mass is 10.1. The zero-order chi connectivity index (χ0) is 11.4. The van der Waals surface area contributed by atoms with Gasteiger partial charge < -0.3 is 5.11 Å². The molecule has 1 N–H and O–H groups in total. The Labute approximate surface area is 95.8 Å². The smallest absolute Gasteiger partial charge is 0.178 e. The van der Waals surface area contributed by atoms with Crippen LogP contribution < -0.4 is 4.57 Å². The maximum atomic E-state index is 10.0. The molecule has 0 saturated carbocycles. The topological polar surface area (TPSA) is 24.1 Å². The molecule has 0 bridgehead atoms. The van der Waals surface area contributed by atoms with E-state index in [1.807, 2.05) is 59.4 Å². The van der Waals surface area contributed by atoms with Crippen molar-refractivity contribution in [3.8, 4) is 0 Å². The molecule has 0 unspecified atom stereocenters. The summed E-state index contributed by atoms with van der Waals surface area (Å²) in [5.41, 5.74) is 2.18. The molecule has 2 heteroatoms. The Morgan fingerprint density at radius 2 is 1.69 bits per heavy atom. The second-order valence-corrected chi connectivity index (χ2v) is 4.00. The van der Waals surface area contributed by atoms with E-state index in [0.717, 1.165) is 5.56 Å². The number of pyridine rings is 1. The molecule has 0 aliphatic heterocycles. The van der Waals surface area contributed by atoms with Crippen molar-refractivity contribution in [2.75, 3.05) is 0 Å². The first kappa shape index (κ1) is 10.8. The number of nitrogens with zero attached hydrogens (tertiary/aromatic N) is 1. The molecule has 1 aromatic heterocycles. The Kier molecular flexibility index (Phi) is 3.32. The number of benzene rings is 1. The molecule has 0 aliphatic rings. The minimum atomic E-state index is -0.450. The molecule has 1 aromatic carbocycles. The summed E-state index contributed by atoms with van der Waals surface area (Å²) < 4.78 is 1.99. The van der Waals surface area contributed by atoms with E-state index in [-0.39, 0.29) is 0 Å². The van der Waals surface area contributed by atoms with E-state index in [1.165, 1.54) is 5.56 Å². The molecule has 0 spiro atoms. The zero-order valence-electron chi connectivity index (χ0n) is 9.38. The SMILES string of the molecule is Cc1cc[n+](C[C@H](O)c2ccccc2)cc1. The normalized spacial score (nSPS) is 12.4. The second kappa shape index (κ2) is 4.90. The fourth-order valence-electron chi connectivity index (χ4n) is 1.63. The van der Waals surface area contributed by atoms with E-state index in [2.05, 4.69) is 6.92 Å². The number of aryl methyl sites for hydroxylation is 1. The third-order valence-electron chi connectivity index (χ3n) is 2.63. The van der Waals surface area contributed by atoms with Crippen molar-refractivity contribution in [3.63, 3.8) is 0 Å². The van der Waals surface area contributed by atoms with Gasteiger partial charge in [-0.05, 0) is 18.1 Å². The second-order valence-electron chi connectivity index (χ2n) is 4.00. The van der Waals surface area contributed by atoms with Gasteiger partial charge in [0.2, 0.25) is 0 Å². The average Bonchev–Trinajstić information content (AvgIpc) is 2.33. The zero-order valence-corrected chi connectivity index (χ0v) is 9.38. The summed E-state index contributed by atoms with van der Waals surface area (Å²) in [6.07, 6.45) is 3.53. The molecule has 0 radical (unpaired) electrons. The summed E-state index contributed by atoms with van der Waals surface area (Å²) >= 11 is 0. The standard InChI is InChI=1S/C14H16NO/c1-12-7-9-15(10-8-12)11-14(16)13-5-3-2-4-6-13/h2-10,14,16H,11H2,1H3/q+1/t14-/m0/s1. The van der Waals surface area contributed by atoms with Gasteiger partial charge in [0.1, 0.15) is 6.10 Å². The molecule has 2 aromatic rings. The third kappa shape index (κ3) is 2.67. The third-order valence-corrected chi connectivity index (χ3v) is 2.63. The summed E-state index contributed by atoms with van der Waals surface area (Å²) in [6, 6.07) is 13.8. The lowest BCUT2D eigenvalue weighted by Gasteiger charge is -2.07. The number of hydrogen-bond donors (Lipinski definition) is 1. The first-order valence-corrected chi connectivity index (χ1v) is 5.44. The van der Waals surface area contributed by atoms with Crippen molar-refractivity contribution in [2.45, 2.75) is 19.6 Å². The minimum Gasteiger partial charge on any atom is -0.382 e. The maximum Gasteiger partial charge on any atom is 0.178 e. The van der Waals surface area contributed by atoms with Crippen LogP contribution in [0, 0.1) is 6.92 Å². The van der Waals surface area contributed by atoms with E-state index >= 15 is 0 Å². The van der Waals surface area contributed by atoms with Gasteiger partial charge >= 0.3 is 0 Å². The van der Waals surface area contributed by atoms with Crippen molar-refractivity contribution in [3.05, 3.63) is 66.0 Å². The molecule has 1 atom stereocenters. The van der Waals surface area contributed by atoms with Gasteiger partial charge in [0.15, 0.2) is 18.9 Å². The summed E-state index contributed by atoms with van der Waals surface area (Å²) in [6.45, 7) is 2.64. The highest BCUT2D eigenvalue weighted by Crippen LogP contribution is 2.11. The van der Waals surface area contributed by atoms with E-state index in [9.17, 15) is 5.11 Å². The van der Waals surface area contributed by atoms with Crippen LogP contribution in [0.4, 0.5) is 0 Å². The monoisotopic (exact) mass is 214 g/mol. The van der Waals surface area contributed by atoms with Crippen LogP contribution in [0.25, 0.3) is 0 Å². The van der Waals surface area contributed by atoms with Crippen LogP contribution in [-0.4, -0.2) is 5.11 Å². The van der Waals surface area contributed by atoms with Crippen LogP contribution in [-0.2, 0) is 6.54 Å². The van der Waals surface area contributed by atoms with Gasteiger partial charge in [-0.3, -0.25) is 0 Å². The Morgan fingerprint density at radius 1 is 1.06 bits per heavy atom. The van der Waals surface area contributed by atoms with Crippen LogP contribution in [0.1, 0.15) is 17.2 Å². The van der Waals surface area contributed by atoms with Crippen molar-refractivity contribution in [2.24, 2.45) is 0 Å². The van der Waals surface area contributed by atoms with E-state index in [1.54, 1.807) is 0 Å². The fourth-order valence-corrected chi connectivity index (χ4v) is 1.63. The first-order chi connectivity index (χ1) is 7.75. The lowest BCUT2D eigenvalue weighted by Crippen LogP contribution is -2.35. The van der Waals surface area contributed by atoms with Crippen molar-refractivity contribution in [1.82, 2.24) is 0 Å². The highest BCUT2D eigenvalue weighted by molar-refractivity contribution is 5.16. The maximum absolute atomic E-state index is 10.0. The Hall–Kier alpha value is -1.67. The molecule has 0 amide bonds. The van der Waals surface area contributed by atoms with Gasteiger partial charge in [-0.15, -0.1) is 0 Å². The Morgan fingerprint density at radius 3 is 2.31 bits per heavy atom. The van der Waals surface area contributed by atoms with Gasteiger partial charge in [-0.1, -0.05) is 30.3 Å². The Balaban J connectivity index is 2.08. The van der Waals surface area contributed by atoms with E-state index in [4.69, 9.17) is 0 Å². The highest BCUT2D eigenvalue weighted by atomic mass is 16.3. The van der Waals surface area contributed by atoms with E-state index in [0.29, 0.717) is 6.54 Å². The number of aromatic nitrogens is 1. The molecular weight excluding hydrogens is 198 g/mol. The molecule has 2 nitrogen and oxygen atoms in total. The molecular formula is C14H16NO+. The van der Waals surface area contributed by atoms with Crippen LogP contribution >= 0.6 is 0 Å². The predicted octanol–water partition coefficient (Wildman–Crippen LogP) is 2.02. The quantitative estimate of drug-likeness (QED) is 0.776. The summed E-state index contributed by atoms with van der Waals surface area (Å²) in [7, 11) is 0. The van der Waals surface area contributed by atoms with Crippen LogP contribution in [0.2, 0.25) is 0 Å². The summed E-state index contributed by atoms with van der Waals surface area (Å²) in [5, 5.41) is 10.0. The fraction of sp³-hybridized carbons (Fsp3) is 0.214. The predicted molar refractivity (Wildman–Crippen MR) is 62.8 cm³/mol. The van der Waals surface area contributed by atoms with Gasteiger partial charge in [-0.25, -0.2) is 4.57 Å². The molecule has 82 valence electrons. The first-order valence-electron chi connectivity index (χ1n) is 5.44. The lowest BCUT2D eigenvalue weighted by molar-refractivity contribution is -0.704. The molecule has 16 heavy (non-hydrogen) atoms. The number of hydrogen-bond acceptors (Lipinski definition) is 1. The molecule has 1 heterocycles. The number of aliphatic hydroxyl groups excluding tert-OH is 1. The Bertz CT molecular complexity index is 436. The highest BCUT2D eigenvalue weighted by Gasteiger charge is 2.12.